The van der Waals surface area contributed by atoms with Crippen molar-refractivity contribution in [2.75, 3.05) is 0 Å². The van der Waals surface area contributed by atoms with Crippen molar-refractivity contribution in [1.29, 1.82) is 0 Å². The van der Waals surface area contributed by atoms with Crippen LogP contribution in [-0.4, -0.2) is 17.6 Å². The Bertz CT molecular complexity index is 563. The number of amides is 1. The molecule has 0 bridgehead atoms. The highest BCUT2D eigenvalue weighted by Gasteiger charge is 2.45. The summed E-state index contributed by atoms with van der Waals surface area (Å²) in [6.45, 7) is 0. The van der Waals surface area contributed by atoms with Crippen molar-refractivity contribution in [2.45, 2.75) is 50.2 Å². The van der Waals surface area contributed by atoms with Gasteiger partial charge >= 0.3 is 0 Å². The largest absolute Gasteiger partial charge is 0.371 e. The summed E-state index contributed by atoms with van der Waals surface area (Å²) in [7, 11) is 0. The van der Waals surface area contributed by atoms with Crippen molar-refractivity contribution in [3.8, 4) is 0 Å². The fourth-order valence-electron chi connectivity index (χ4n) is 3.26. The Labute approximate surface area is 130 Å². The summed E-state index contributed by atoms with van der Waals surface area (Å²) < 4.78 is 6.15. The van der Waals surface area contributed by atoms with E-state index in [2.05, 4.69) is 0 Å². The van der Waals surface area contributed by atoms with Crippen molar-refractivity contribution in [2.24, 2.45) is 5.73 Å². The molecule has 1 saturated heterocycles. The van der Waals surface area contributed by atoms with Gasteiger partial charge in [0.15, 0.2) is 0 Å². The zero-order chi connectivity index (χ0) is 14.9. The van der Waals surface area contributed by atoms with Gasteiger partial charge in [-0.3, -0.25) is 4.79 Å². The quantitative estimate of drug-likeness (QED) is 0.864. The minimum atomic E-state index is -0.456. The molecule has 1 aromatic carbocycles. The maximum atomic E-state index is 11.8. The second kappa shape index (κ2) is 5.82. The minimum absolute atomic E-state index is 0.0604. The lowest BCUT2D eigenvalue weighted by Gasteiger charge is -2.38. The van der Waals surface area contributed by atoms with Crippen LogP contribution in [-0.2, 0) is 9.53 Å². The van der Waals surface area contributed by atoms with Crippen molar-refractivity contribution >= 4 is 22.5 Å². The van der Waals surface area contributed by atoms with Crippen LogP contribution in [0.5, 0.6) is 0 Å². The summed E-state index contributed by atoms with van der Waals surface area (Å²) in [5.74, 6) is -0.456. The predicted molar refractivity (Wildman–Crippen MR) is 83.7 cm³/mol. The molecular formula is C17H20ClNO2. The number of halogens is 1. The molecule has 1 aliphatic heterocycles. The maximum Gasteiger partial charge on any atom is 0.246 e. The molecule has 1 saturated carbocycles. The van der Waals surface area contributed by atoms with Crippen LogP contribution in [0.25, 0.3) is 5.03 Å². The van der Waals surface area contributed by atoms with Crippen molar-refractivity contribution in [1.82, 2.24) is 0 Å². The molecule has 21 heavy (non-hydrogen) atoms. The Morgan fingerprint density at radius 3 is 2.52 bits per heavy atom. The van der Waals surface area contributed by atoms with Crippen molar-refractivity contribution < 1.29 is 9.53 Å². The zero-order valence-electron chi connectivity index (χ0n) is 12.0. The topological polar surface area (TPSA) is 52.3 Å². The summed E-state index contributed by atoms with van der Waals surface area (Å²) in [5.41, 5.74) is 6.92. The van der Waals surface area contributed by atoms with Crippen LogP contribution in [0, 0.1) is 0 Å². The fraction of sp³-hybridized carbons (Fsp3) is 0.471. The second-order valence-corrected chi connectivity index (χ2v) is 6.42. The number of nitrogens with two attached hydrogens (primary N) is 1. The first-order chi connectivity index (χ1) is 10.1. The molecule has 2 fully saturated rings. The standard InChI is InChI=1S/C17H20ClNO2/c18-15(12-5-2-1-3-6-12)14(16(19)20)11-13-7-10-17(21-13)8-4-9-17/h1-3,5-6,13H,4,7-11H2,(H2,19,20)/b15-14+. The Hall–Kier alpha value is -1.32. The molecular weight excluding hydrogens is 286 g/mol. The van der Waals surface area contributed by atoms with Crippen LogP contribution in [0.2, 0.25) is 0 Å². The van der Waals surface area contributed by atoms with E-state index in [4.69, 9.17) is 22.1 Å². The van der Waals surface area contributed by atoms with E-state index < -0.39 is 5.91 Å². The molecule has 1 aliphatic carbocycles. The smallest absolute Gasteiger partial charge is 0.246 e. The normalized spacial score (nSPS) is 24.5. The molecule has 0 radical (unpaired) electrons. The first-order valence-electron chi connectivity index (χ1n) is 7.51. The van der Waals surface area contributed by atoms with E-state index in [0.717, 1.165) is 31.2 Å². The highest BCUT2D eigenvalue weighted by atomic mass is 35.5. The highest BCUT2D eigenvalue weighted by Crippen LogP contribution is 2.47. The second-order valence-electron chi connectivity index (χ2n) is 6.04. The lowest BCUT2D eigenvalue weighted by Crippen LogP contribution is -2.37. The van der Waals surface area contributed by atoms with E-state index in [0.29, 0.717) is 17.0 Å². The van der Waals surface area contributed by atoms with Gasteiger partial charge in [-0.25, -0.2) is 0 Å². The molecule has 4 heteroatoms. The molecule has 0 aromatic heterocycles. The average molecular weight is 306 g/mol. The third kappa shape index (κ3) is 2.99. The minimum Gasteiger partial charge on any atom is -0.371 e. The number of hydrogen-bond donors (Lipinski definition) is 1. The van der Waals surface area contributed by atoms with Gasteiger partial charge in [-0.2, -0.15) is 0 Å². The molecule has 1 aromatic rings. The molecule has 3 rings (SSSR count). The van der Waals surface area contributed by atoms with Gasteiger partial charge in [0.25, 0.3) is 0 Å². The van der Waals surface area contributed by atoms with E-state index in [-0.39, 0.29) is 11.7 Å². The van der Waals surface area contributed by atoms with Gasteiger partial charge in [0.1, 0.15) is 0 Å². The fourth-order valence-corrected chi connectivity index (χ4v) is 3.56. The van der Waals surface area contributed by atoms with Gasteiger partial charge in [0.2, 0.25) is 5.91 Å². The summed E-state index contributed by atoms with van der Waals surface area (Å²) in [4.78, 5) is 11.8. The molecule has 1 heterocycles. The number of rotatable bonds is 4. The first kappa shape index (κ1) is 14.6. The van der Waals surface area contributed by atoms with E-state index in [1.54, 1.807) is 0 Å². The third-order valence-corrected chi connectivity index (χ3v) is 5.07. The van der Waals surface area contributed by atoms with Crippen molar-refractivity contribution in [3.05, 3.63) is 41.5 Å². The SMILES string of the molecule is NC(=O)/C(CC1CCC2(CCC2)O1)=C(/Cl)c1ccccc1. The van der Waals surface area contributed by atoms with Gasteiger partial charge in [0.05, 0.1) is 16.7 Å². The molecule has 112 valence electrons. The lowest BCUT2D eigenvalue weighted by molar-refractivity contribution is -0.116. The van der Waals surface area contributed by atoms with Gasteiger partial charge in [-0.05, 0) is 37.7 Å². The summed E-state index contributed by atoms with van der Waals surface area (Å²) in [6.07, 6.45) is 6.17. The monoisotopic (exact) mass is 305 g/mol. The summed E-state index contributed by atoms with van der Waals surface area (Å²) >= 11 is 6.39. The predicted octanol–water partition coefficient (Wildman–Crippen LogP) is 3.61. The zero-order valence-corrected chi connectivity index (χ0v) is 12.7. The van der Waals surface area contributed by atoms with Crippen LogP contribution in [0.4, 0.5) is 0 Å². The first-order valence-corrected chi connectivity index (χ1v) is 7.89. The van der Waals surface area contributed by atoms with Gasteiger partial charge in [0, 0.05) is 12.0 Å². The van der Waals surface area contributed by atoms with Crippen LogP contribution in [0.3, 0.4) is 0 Å². The molecule has 1 atom stereocenters. The Morgan fingerprint density at radius 1 is 1.29 bits per heavy atom. The van der Waals surface area contributed by atoms with Crippen LogP contribution in [0.15, 0.2) is 35.9 Å². The van der Waals surface area contributed by atoms with Crippen LogP contribution in [0.1, 0.15) is 44.1 Å². The number of carbonyl (C=O) groups excluding carboxylic acids is 1. The molecule has 2 aliphatic rings. The number of carbonyl (C=O) groups is 1. The molecule has 1 spiro atoms. The van der Waals surface area contributed by atoms with Gasteiger partial charge in [-0.1, -0.05) is 41.9 Å². The number of ether oxygens (including phenoxy) is 1. The number of primary amides is 1. The van der Waals surface area contributed by atoms with Crippen molar-refractivity contribution in [3.63, 3.8) is 0 Å². The number of hydrogen-bond acceptors (Lipinski definition) is 2. The molecule has 1 amide bonds. The Morgan fingerprint density at radius 2 is 2.00 bits per heavy atom. The lowest BCUT2D eigenvalue weighted by atomic mass is 9.78. The molecule has 3 nitrogen and oxygen atoms in total. The Kier molecular flexibility index (Phi) is 4.05. The molecule has 1 unspecified atom stereocenters. The summed E-state index contributed by atoms with van der Waals surface area (Å²) in [5, 5.41) is 0.446. The van der Waals surface area contributed by atoms with Crippen LogP contribution >= 0.6 is 11.6 Å². The van der Waals surface area contributed by atoms with E-state index in [1.165, 1.54) is 6.42 Å². The summed E-state index contributed by atoms with van der Waals surface area (Å²) in [6, 6.07) is 9.47. The van der Waals surface area contributed by atoms with Gasteiger partial charge in [-0.15, -0.1) is 0 Å². The van der Waals surface area contributed by atoms with E-state index in [9.17, 15) is 4.79 Å². The van der Waals surface area contributed by atoms with E-state index in [1.807, 2.05) is 30.3 Å². The van der Waals surface area contributed by atoms with Crippen LogP contribution < -0.4 is 5.73 Å². The Balaban J connectivity index is 1.78. The average Bonchev–Trinajstić information content (AvgIpc) is 2.89. The molecule has 2 N–H and O–H groups in total. The maximum absolute atomic E-state index is 11.8. The van der Waals surface area contributed by atoms with Gasteiger partial charge < -0.3 is 10.5 Å². The highest BCUT2D eigenvalue weighted by molar-refractivity contribution is 6.51. The third-order valence-electron chi connectivity index (χ3n) is 4.62. The van der Waals surface area contributed by atoms with E-state index >= 15 is 0 Å². The number of benzene rings is 1.